The molecule has 0 saturated carbocycles. The summed E-state index contributed by atoms with van der Waals surface area (Å²) >= 11 is 0. The van der Waals surface area contributed by atoms with Gasteiger partial charge in [0.25, 0.3) is 0 Å². The zero-order valence-corrected chi connectivity index (χ0v) is 6.62. The van der Waals surface area contributed by atoms with Gasteiger partial charge in [-0.3, -0.25) is 0 Å². The zero-order valence-electron chi connectivity index (χ0n) is 6.62. The summed E-state index contributed by atoms with van der Waals surface area (Å²) in [4.78, 5) is 2.14. The fourth-order valence-electron chi connectivity index (χ4n) is 1.54. The maximum Gasteiger partial charge on any atom is 0.150 e. The molecule has 60 valence electrons. The second kappa shape index (κ2) is 2.15. The van der Waals surface area contributed by atoms with Crippen molar-refractivity contribution in [1.82, 2.24) is 9.78 Å². The predicted molar refractivity (Wildman–Crippen MR) is 44.5 cm³/mol. The van der Waals surface area contributed by atoms with Gasteiger partial charge in [-0.15, -0.1) is 0 Å². The van der Waals surface area contributed by atoms with Gasteiger partial charge in [0.15, 0.2) is 0 Å². The lowest BCUT2D eigenvalue weighted by Crippen LogP contribution is -2.28. The van der Waals surface area contributed by atoms with Crippen LogP contribution in [0.2, 0.25) is 0 Å². The minimum atomic E-state index is 0.784. The van der Waals surface area contributed by atoms with Crippen LogP contribution in [0.4, 0.5) is 11.5 Å². The summed E-state index contributed by atoms with van der Waals surface area (Å²) in [5.41, 5.74) is 6.51. The van der Waals surface area contributed by atoms with Crippen LogP contribution < -0.4 is 10.6 Å². The van der Waals surface area contributed by atoms with E-state index in [1.165, 1.54) is 0 Å². The highest BCUT2D eigenvalue weighted by Crippen LogP contribution is 2.24. The van der Waals surface area contributed by atoms with Gasteiger partial charge in [0.2, 0.25) is 0 Å². The van der Waals surface area contributed by atoms with Crippen LogP contribution in [-0.4, -0.2) is 23.4 Å². The topological polar surface area (TPSA) is 47.1 Å². The average Bonchev–Trinajstić information content (AvgIpc) is 2.34. The van der Waals surface area contributed by atoms with Crippen molar-refractivity contribution in [3.8, 4) is 0 Å². The van der Waals surface area contributed by atoms with Gasteiger partial charge in [0.05, 0.1) is 11.9 Å². The van der Waals surface area contributed by atoms with Crippen LogP contribution in [-0.2, 0) is 6.54 Å². The number of nitrogens with zero attached hydrogens (tertiary/aromatic N) is 3. The fraction of sp³-hybridized carbons (Fsp3) is 0.571. The third-order valence-electron chi connectivity index (χ3n) is 2.06. The third-order valence-corrected chi connectivity index (χ3v) is 2.06. The quantitative estimate of drug-likeness (QED) is 0.581. The Morgan fingerprint density at radius 1 is 1.55 bits per heavy atom. The number of hydrogen-bond acceptors (Lipinski definition) is 3. The lowest BCUT2D eigenvalue weighted by Gasteiger charge is -2.25. The lowest BCUT2D eigenvalue weighted by atomic mass is 10.3. The monoisotopic (exact) mass is 152 g/mol. The standard InChI is InChI=1S/C7H12N4/c1-10-3-2-4-11-7(10)6(8)5-9-11/h5H,2-4,8H2,1H3. The first-order chi connectivity index (χ1) is 5.29. The molecule has 0 amide bonds. The number of fused-ring (bicyclic) bond motifs is 1. The van der Waals surface area contributed by atoms with Gasteiger partial charge in [0.1, 0.15) is 5.82 Å². The summed E-state index contributed by atoms with van der Waals surface area (Å²) in [7, 11) is 2.04. The normalized spacial score (nSPS) is 16.6. The molecule has 2 rings (SSSR count). The Morgan fingerprint density at radius 2 is 2.36 bits per heavy atom. The Balaban J connectivity index is 2.48. The van der Waals surface area contributed by atoms with E-state index in [1.54, 1.807) is 6.20 Å². The van der Waals surface area contributed by atoms with E-state index in [1.807, 2.05) is 11.7 Å². The van der Waals surface area contributed by atoms with E-state index in [0.29, 0.717) is 0 Å². The maximum atomic E-state index is 5.73. The van der Waals surface area contributed by atoms with Gasteiger partial charge < -0.3 is 10.6 Å². The highest BCUT2D eigenvalue weighted by Gasteiger charge is 2.16. The molecule has 0 atom stereocenters. The molecule has 0 radical (unpaired) electrons. The molecule has 4 nitrogen and oxygen atoms in total. The minimum absolute atomic E-state index is 0.784. The number of anilines is 2. The van der Waals surface area contributed by atoms with Crippen molar-refractivity contribution in [2.24, 2.45) is 0 Å². The van der Waals surface area contributed by atoms with Crippen molar-refractivity contribution < 1.29 is 0 Å². The number of aryl methyl sites for hydroxylation is 1. The molecule has 2 heterocycles. The summed E-state index contributed by atoms with van der Waals surface area (Å²) < 4.78 is 1.96. The van der Waals surface area contributed by atoms with Crippen LogP contribution in [0, 0.1) is 0 Å². The molecule has 0 spiro atoms. The van der Waals surface area contributed by atoms with Gasteiger partial charge in [-0.2, -0.15) is 5.10 Å². The highest BCUT2D eigenvalue weighted by atomic mass is 15.4. The molecule has 4 heteroatoms. The van der Waals surface area contributed by atoms with Crippen LogP contribution in [0.1, 0.15) is 6.42 Å². The molecule has 0 aromatic carbocycles. The molecular weight excluding hydrogens is 140 g/mol. The molecule has 0 fully saturated rings. The second-order valence-electron chi connectivity index (χ2n) is 2.92. The van der Waals surface area contributed by atoms with Crippen molar-refractivity contribution in [3.63, 3.8) is 0 Å². The van der Waals surface area contributed by atoms with Gasteiger partial charge in [-0.25, -0.2) is 4.68 Å². The van der Waals surface area contributed by atoms with Crippen molar-refractivity contribution >= 4 is 11.5 Å². The van der Waals surface area contributed by atoms with Crippen molar-refractivity contribution in [1.29, 1.82) is 0 Å². The molecule has 1 aromatic heterocycles. The first-order valence-electron chi connectivity index (χ1n) is 3.81. The number of nitrogens with two attached hydrogens (primary N) is 1. The minimum Gasteiger partial charge on any atom is -0.394 e. The molecule has 0 saturated heterocycles. The maximum absolute atomic E-state index is 5.73. The predicted octanol–water partition coefficient (Wildman–Crippen LogP) is 0.305. The van der Waals surface area contributed by atoms with Crippen molar-refractivity contribution in [2.75, 3.05) is 24.2 Å². The van der Waals surface area contributed by atoms with Gasteiger partial charge >= 0.3 is 0 Å². The molecule has 1 aliphatic rings. The lowest BCUT2D eigenvalue weighted by molar-refractivity contribution is 0.534. The summed E-state index contributed by atoms with van der Waals surface area (Å²) in [5, 5.41) is 4.16. The number of aromatic nitrogens is 2. The van der Waals surface area contributed by atoms with Crippen molar-refractivity contribution in [2.45, 2.75) is 13.0 Å². The summed E-state index contributed by atoms with van der Waals surface area (Å²) in [5.74, 6) is 1.07. The van der Waals surface area contributed by atoms with E-state index in [4.69, 9.17) is 5.73 Å². The summed E-state index contributed by atoms with van der Waals surface area (Å²) in [6.07, 6.45) is 2.88. The molecule has 1 aromatic rings. The molecular formula is C7H12N4. The summed E-state index contributed by atoms with van der Waals surface area (Å²) in [6, 6.07) is 0. The van der Waals surface area contributed by atoms with Gasteiger partial charge in [-0.05, 0) is 6.42 Å². The van der Waals surface area contributed by atoms with E-state index < -0.39 is 0 Å². The largest absolute Gasteiger partial charge is 0.394 e. The van der Waals surface area contributed by atoms with E-state index in [9.17, 15) is 0 Å². The van der Waals surface area contributed by atoms with Crippen LogP contribution in [0.5, 0.6) is 0 Å². The van der Waals surface area contributed by atoms with Crippen LogP contribution in [0.15, 0.2) is 6.20 Å². The Hall–Kier alpha value is -1.19. The molecule has 0 unspecified atom stereocenters. The molecule has 2 N–H and O–H groups in total. The Kier molecular flexibility index (Phi) is 1.27. The van der Waals surface area contributed by atoms with E-state index >= 15 is 0 Å². The van der Waals surface area contributed by atoms with Crippen LogP contribution >= 0.6 is 0 Å². The Morgan fingerprint density at radius 3 is 3.09 bits per heavy atom. The average molecular weight is 152 g/mol. The Bertz CT molecular complexity index is 265. The molecule has 0 aliphatic carbocycles. The fourth-order valence-corrected chi connectivity index (χ4v) is 1.54. The van der Waals surface area contributed by atoms with Gasteiger partial charge in [0, 0.05) is 20.1 Å². The van der Waals surface area contributed by atoms with Crippen molar-refractivity contribution in [3.05, 3.63) is 6.20 Å². The van der Waals surface area contributed by atoms with Crippen LogP contribution in [0.25, 0.3) is 0 Å². The Labute approximate surface area is 65.6 Å². The zero-order chi connectivity index (χ0) is 7.84. The second-order valence-corrected chi connectivity index (χ2v) is 2.92. The molecule has 0 bridgehead atoms. The van der Waals surface area contributed by atoms with E-state index in [0.717, 1.165) is 31.0 Å². The van der Waals surface area contributed by atoms with E-state index in [2.05, 4.69) is 10.00 Å². The van der Waals surface area contributed by atoms with Crippen LogP contribution in [0.3, 0.4) is 0 Å². The summed E-state index contributed by atoms with van der Waals surface area (Å²) in [6.45, 7) is 2.08. The van der Waals surface area contributed by atoms with E-state index in [-0.39, 0.29) is 0 Å². The molecule has 1 aliphatic heterocycles. The number of rotatable bonds is 0. The van der Waals surface area contributed by atoms with Gasteiger partial charge in [-0.1, -0.05) is 0 Å². The number of nitrogen functional groups attached to an aromatic ring is 1. The first kappa shape index (κ1) is 6.52. The third kappa shape index (κ3) is 0.859. The smallest absolute Gasteiger partial charge is 0.150 e. The first-order valence-corrected chi connectivity index (χ1v) is 3.81. The highest BCUT2D eigenvalue weighted by molar-refractivity contribution is 5.62. The SMILES string of the molecule is CN1CCCn2ncc(N)c21. The number of hydrogen-bond donors (Lipinski definition) is 1. The molecule has 11 heavy (non-hydrogen) atoms.